The molecule has 0 radical (unpaired) electrons. The Morgan fingerprint density at radius 1 is 1.27 bits per heavy atom. The normalized spacial score (nSPS) is 12.4. The molecule has 0 fully saturated rings. The van der Waals surface area contributed by atoms with E-state index in [-0.39, 0.29) is 11.8 Å². The molecule has 0 aliphatic heterocycles. The highest BCUT2D eigenvalue weighted by molar-refractivity contribution is 5.86. The van der Waals surface area contributed by atoms with Gasteiger partial charge in [0.05, 0.1) is 0 Å². The fourth-order valence-electron chi connectivity index (χ4n) is 1.05. The predicted octanol–water partition coefficient (Wildman–Crippen LogP) is 0.130. The summed E-state index contributed by atoms with van der Waals surface area (Å²) < 4.78 is 0. The number of hydrogen-bond donors (Lipinski definition) is 2. The Morgan fingerprint density at radius 3 is 2.20 bits per heavy atom. The molecular weight excluding hydrogens is 194 g/mol. The molecule has 0 saturated carbocycles. The number of amides is 2. The van der Waals surface area contributed by atoms with E-state index in [1.807, 2.05) is 0 Å². The van der Waals surface area contributed by atoms with Gasteiger partial charge in [0.15, 0.2) is 0 Å². The fourth-order valence-corrected chi connectivity index (χ4v) is 1.05. The van der Waals surface area contributed by atoms with Gasteiger partial charge < -0.3 is 5.32 Å². The number of carbonyl (C=O) groups excluding carboxylic acids is 2. The van der Waals surface area contributed by atoms with Crippen LogP contribution >= 0.6 is 0 Å². The summed E-state index contributed by atoms with van der Waals surface area (Å²) in [6, 6.07) is -0.493. The van der Waals surface area contributed by atoms with Crippen molar-refractivity contribution in [1.82, 2.24) is 15.8 Å². The number of hydrogen-bond acceptors (Lipinski definition) is 3. The molecule has 2 N–H and O–H groups in total. The van der Waals surface area contributed by atoms with E-state index < -0.39 is 6.04 Å². The standard InChI is InChI=1S/C10H21N3O2/c1-7(2)6-11-13(5)10(15)8(3)12-9(4)14/h7-8,11H,6H2,1-5H3,(H,12,14). The average molecular weight is 215 g/mol. The predicted molar refractivity (Wildman–Crippen MR) is 58.9 cm³/mol. The summed E-state index contributed by atoms with van der Waals surface area (Å²) in [6.07, 6.45) is 0. The quantitative estimate of drug-likeness (QED) is 0.641. The third-order valence-electron chi connectivity index (χ3n) is 1.86. The zero-order valence-corrected chi connectivity index (χ0v) is 10.1. The van der Waals surface area contributed by atoms with E-state index in [2.05, 4.69) is 24.6 Å². The summed E-state index contributed by atoms with van der Waals surface area (Å²) in [5, 5.41) is 3.96. The van der Waals surface area contributed by atoms with Crippen molar-refractivity contribution in [2.75, 3.05) is 13.6 Å². The van der Waals surface area contributed by atoms with Gasteiger partial charge in [0.1, 0.15) is 6.04 Å². The Bertz CT molecular complexity index is 229. The number of carbonyl (C=O) groups is 2. The van der Waals surface area contributed by atoms with Crippen molar-refractivity contribution in [2.45, 2.75) is 33.7 Å². The molecule has 2 amide bonds. The van der Waals surface area contributed by atoms with E-state index in [0.29, 0.717) is 5.92 Å². The largest absolute Gasteiger partial charge is 0.345 e. The van der Waals surface area contributed by atoms with Crippen molar-refractivity contribution >= 4 is 11.8 Å². The molecule has 0 aromatic heterocycles. The average Bonchev–Trinajstić information content (AvgIpc) is 2.11. The van der Waals surface area contributed by atoms with E-state index in [1.54, 1.807) is 14.0 Å². The number of rotatable bonds is 5. The van der Waals surface area contributed by atoms with Crippen LogP contribution in [0.4, 0.5) is 0 Å². The molecule has 0 rings (SSSR count). The van der Waals surface area contributed by atoms with Crippen LogP contribution in [0.3, 0.4) is 0 Å². The highest BCUT2D eigenvalue weighted by atomic mass is 16.2. The van der Waals surface area contributed by atoms with E-state index in [0.717, 1.165) is 6.54 Å². The lowest BCUT2D eigenvalue weighted by Gasteiger charge is -2.23. The van der Waals surface area contributed by atoms with Crippen molar-refractivity contribution in [3.63, 3.8) is 0 Å². The lowest BCUT2D eigenvalue weighted by Crippen LogP contribution is -2.50. The van der Waals surface area contributed by atoms with Gasteiger partial charge in [-0.3, -0.25) is 14.6 Å². The number of nitrogens with one attached hydrogen (secondary N) is 2. The first-order chi connectivity index (χ1) is 6.84. The molecule has 0 spiro atoms. The molecule has 0 aromatic rings. The topological polar surface area (TPSA) is 61.4 Å². The van der Waals surface area contributed by atoms with E-state index in [4.69, 9.17) is 0 Å². The van der Waals surface area contributed by atoms with Gasteiger partial charge >= 0.3 is 0 Å². The van der Waals surface area contributed by atoms with E-state index in [1.165, 1.54) is 11.9 Å². The van der Waals surface area contributed by atoms with Crippen molar-refractivity contribution < 1.29 is 9.59 Å². The van der Waals surface area contributed by atoms with Gasteiger partial charge in [0.25, 0.3) is 5.91 Å². The molecule has 0 heterocycles. The summed E-state index contributed by atoms with van der Waals surface area (Å²) in [4.78, 5) is 22.4. The Balaban J connectivity index is 4.01. The second-order valence-corrected chi connectivity index (χ2v) is 4.08. The molecule has 1 unspecified atom stereocenters. The maximum absolute atomic E-state index is 11.6. The third kappa shape index (κ3) is 6.06. The van der Waals surface area contributed by atoms with Gasteiger partial charge in [-0.1, -0.05) is 13.8 Å². The maximum Gasteiger partial charge on any atom is 0.258 e. The van der Waals surface area contributed by atoms with Crippen LogP contribution in [0, 0.1) is 5.92 Å². The van der Waals surface area contributed by atoms with Crippen LogP contribution in [0.15, 0.2) is 0 Å². The lowest BCUT2D eigenvalue weighted by atomic mass is 10.2. The molecule has 0 bridgehead atoms. The van der Waals surface area contributed by atoms with E-state index in [9.17, 15) is 9.59 Å². The van der Waals surface area contributed by atoms with Crippen molar-refractivity contribution in [3.05, 3.63) is 0 Å². The van der Waals surface area contributed by atoms with Crippen LogP contribution in [0.25, 0.3) is 0 Å². The molecule has 0 aromatic carbocycles. The Hall–Kier alpha value is -1.10. The summed E-state index contributed by atoms with van der Waals surface area (Å²) in [6.45, 7) is 7.91. The Morgan fingerprint density at radius 2 is 1.80 bits per heavy atom. The summed E-state index contributed by atoms with van der Waals surface area (Å²) >= 11 is 0. The van der Waals surface area contributed by atoms with Crippen LogP contribution in [0.2, 0.25) is 0 Å². The minimum atomic E-state index is -0.493. The second-order valence-electron chi connectivity index (χ2n) is 4.08. The van der Waals surface area contributed by atoms with Crippen molar-refractivity contribution in [2.24, 2.45) is 5.92 Å². The van der Waals surface area contributed by atoms with Crippen LogP contribution in [-0.2, 0) is 9.59 Å². The van der Waals surface area contributed by atoms with Gasteiger partial charge in [-0.2, -0.15) is 0 Å². The van der Waals surface area contributed by atoms with Gasteiger partial charge in [0, 0.05) is 20.5 Å². The van der Waals surface area contributed by atoms with Crippen LogP contribution in [0.1, 0.15) is 27.7 Å². The zero-order valence-electron chi connectivity index (χ0n) is 10.1. The minimum absolute atomic E-state index is 0.147. The molecule has 0 saturated heterocycles. The molecule has 5 nitrogen and oxygen atoms in total. The van der Waals surface area contributed by atoms with E-state index >= 15 is 0 Å². The first-order valence-electron chi connectivity index (χ1n) is 5.12. The Kier molecular flexibility index (Phi) is 5.93. The van der Waals surface area contributed by atoms with Gasteiger partial charge in [-0.05, 0) is 12.8 Å². The number of nitrogens with zero attached hydrogens (tertiary/aromatic N) is 1. The molecular formula is C10H21N3O2. The third-order valence-corrected chi connectivity index (χ3v) is 1.86. The fraction of sp³-hybridized carbons (Fsp3) is 0.800. The van der Waals surface area contributed by atoms with Crippen LogP contribution in [0.5, 0.6) is 0 Å². The molecule has 5 heteroatoms. The number of hydrazine groups is 1. The minimum Gasteiger partial charge on any atom is -0.345 e. The van der Waals surface area contributed by atoms with Gasteiger partial charge in [-0.15, -0.1) is 0 Å². The summed E-state index contributed by atoms with van der Waals surface area (Å²) in [5.41, 5.74) is 2.97. The SMILES string of the molecule is CC(=O)NC(C)C(=O)N(C)NCC(C)C. The highest BCUT2D eigenvalue weighted by Crippen LogP contribution is 1.92. The number of likely N-dealkylation sites (N-methyl/N-ethyl adjacent to an activating group) is 1. The first kappa shape index (κ1) is 13.9. The molecule has 15 heavy (non-hydrogen) atoms. The van der Waals surface area contributed by atoms with Crippen molar-refractivity contribution in [3.8, 4) is 0 Å². The Labute approximate surface area is 91.2 Å². The molecule has 1 atom stereocenters. The van der Waals surface area contributed by atoms with Gasteiger partial charge in [0.2, 0.25) is 5.91 Å². The van der Waals surface area contributed by atoms with Gasteiger partial charge in [-0.25, -0.2) is 5.43 Å². The monoisotopic (exact) mass is 215 g/mol. The lowest BCUT2D eigenvalue weighted by molar-refractivity contribution is -0.137. The first-order valence-corrected chi connectivity index (χ1v) is 5.12. The maximum atomic E-state index is 11.6. The zero-order chi connectivity index (χ0) is 12.0. The summed E-state index contributed by atoms with van der Waals surface area (Å²) in [5.74, 6) is 0.121. The molecule has 88 valence electrons. The molecule has 0 aliphatic carbocycles. The summed E-state index contributed by atoms with van der Waals surface area (Å²) in [7, 11) is 1.66. The molecule has 0 aliphatic rings. The second kappa shape index (κ2) is 6.40. The van der Waals surface area contributed by atoms with Crippen LogP contribution in [-0.4, -0.2) is 36.5 Å². The smallest absolute Gasteiger partial charge is 0.258 e. The van der Waals surface area contributed by atoms with Crippen molar-refractivity contribution in [1.29, 1.82) is 0 Å². The highest BCUT2D eigenvalue weighted by Gasteiger charge is 2.17. The van der Waals surface area contributed by atoms with Crippen LogP contribution < -0.4 is 10.7 Å².